The van der Waals surface area contributed by atoms with Crippen LogP contribution in [0.1, 0.15) is 31.1 Å². The molecule has 1 aliphatic rings. The van der Waals surface area contributed by atoms with Crippen molar-refractivity contribution in [1.82, 2.24) is 4.90 Å². The SMILES string of the molecule is CC(=Nc1ccc(Br)cc1)N1C(c2ccc(Cl)cc2)=C(C)N(c2ccc(Br)cc2)C1c1ccc(Cl)cc1. The van der Waals surface area contributed by atoms with Crippen molar-refractivity contribution in [1.29, 1.82) is 0 Å². The number of hydrogen-bond acceptors (Lipinski definition) is 2. The maximum Gasteiger partial charge on any atom is 0.138 e. The molecule has 1 atom stereocenters. The summed E-state index contributed by atoms with van der Waals surface area (Å²) >= 11 is 19.7. The van der Waals surface area contributed by atoms with Crippen LogP contribution in [0, 0.1) is 0 Å². The van der Waals surface area contributed by atoms with E-state index in [1.807, 2.05) is 48.5 Å². The number of aliphatic imine (C=N–C) groups is 1. The van der Waals surface area contributed by atoms with Gasteiger partial charge in [0.2, 0.25) is 0 Å². The van der Waals surface area contributed by atoms with E-state index >= 15 is 0 Å². The van der Waals surface area contributed by atoms with Gasteiger partial charge in [0.15, 0.2) is 0 Å². The van der Waals surface area contributed by atoms with Crippen LogP contribution in [0.5, 0.6) is 0 Å². The molecule has 1 aliphatic heterocycles. The number of benzene rings is 4. The molecule has 1 unspecified atom stereocenters. The molecule has 1 heterocycles. The molecule has 7 heteroatoms. The second-order valence-electron chi connectivity index (χ2n) is 8.72. The maximum atomic E-state index is 6.29. The van der Waals surface area contributed by atoms with Gasteiger partial charge < -0.3 is 9.80 Å². The molecule has 0 bridgehead atoms. The maximum absolute atomic E-state index is 6.29. The Morgan fingerprint density at radius 2 is 1.24 bits per heavy atom. The molecule has 0 N–H and O–H groups in total. The molecule has 186 valence electrons. The first-order chi connectivity index (χ1) is 17.8. The zero-order valence-electron chi connectivity index (χ0n) is 20.2. The van der Waals surface area contributed by atoms with Gasteiger partial charge in [-0.25, -0.2) is 4.99 Å². The summed E-state index contributed by atoms with van der Waals surface area (Å²) in [4.78, 5) is 9.69. The Hall–Kier alpha value is -2.57. The summed E-state index contributed by atoms with van der Waals surface area (Å²) in [5, 5.41) is 1.40. The monoisotopic (exact) mass is 653 g/mol. The molecule has 4 aromatic rings. The van der Waals surface area contributed by atoms with Crippen LogP contribution in [-0.4, -0.2) is 10.7 Å². The van der Waals surface area contributed by atoms with Gasteiger partial charge in [-0.15, -0.1) is 0 Å². The minimum absolute atomic E-state index is 0.177. The predicted molar refractivity (Wildman–Crippen MR) is 164 cm³/mol. The topological polar surface area (TPSA) is 18.8 Å². The second-order valence-corrected chi connectivity index (χ2v) is 11.4. The Morgan fingerprint density at radius 3 is 1.81 bits per heavy atom. The summed E-state index contributed by atoms with van der Waals surface area (Å²) in [6, 6.07) is 32.4. The molecule has 0 amide bonds. The van der Waals surface area contributed by atoms with Crippen LogP contribution in [0.15, 0.2) is 117 Å². The van der Waals surface area contributed by atoms with E-state index in [-0.39, 0.29) is 6.17 Å². The Bertz CT molecular complexity index is 1460. The Morgan fingerprint density at radius 1 is 0.730 bits per heavy atom. The van der Waals surface area contributed by atoms with E-state index in [1.165, 1.54) is 0 Å². The van der Waals surface area contributed by atoms with Gasteiger partial charge in [0.05, 0.1) is 11.4 Å². The highest BCUT2D eigenvalue weighted by Gasteiger charge is 2.40. The van der Waals surface area contributed by atoms with Crippen LogP contribution < -0.4 is 4.90 Å². The predicted octanol–water partition coefficient (Wildman–Crippen LogP) is 10.5. The molecule has 37 heavy (non-hydrogen) atoms. The summed E-state index contributed by atoms with van der Waals surface area (Å²) in [6.45, 7) is 4.21. The standard InChI is InChI=1S/C30H23Br2Cl2N3/c1-19-29(21-3-11-25(33)12-4-21)37(20(2)35-27-15-7-23(31)8-16-27)30(22-5-13-26(34)14-6-22)36(19)28-17-9-24(32)10-18-28/h3-18,30H,1-2H3. The molecule has 0 saturated carbocycles. The van der Waals surface area contributed by atoms with Gasteiger partial charge in [0, 0.05) is 35.9 Å². The van der Waals surface area contributed by atoms with Crippen molar-refractivity contribution in [2.24, 2.45) is 4.99 Å². The van der Waals surface area contributed by atoms with Gasteiger partial charge in [-0.3, -0.25) is 0 Å². The van der Waals surface area contributed by atoms with Crippen molar-refractivity contribution in [3.05, 3.63) is 133 Å². The molecular weight excluding hydrogens is 633 g/mol. The summed E-state index contributed by atoms with van der Waals surface area (Å²) in [6.07, 6.45) is -0.177. The van der Waals surface area contributed by atoms with E-state index < -0.39 is 0 Å². The summed E-state index contributed by atoms with van der Waals surface area (Å²) in [7, 11) is 0. The van der Waals surface area contributed by atoms with Crippen LogP contribution in [0.3, 0.4) is 0 Å². The second kappa shape index (κ2) is 11.0. The average molecular weight is 656 g/mol. The lowest BCUT2D eigenvalue weighted by molar-refractivity contribution is 0.458. The highest BCUT2D eigenvalue weighted by molar-refractivity contribution is 9.10. The van der Waals surface area contributed by atoms with E-state index in [9.17, 15) is 0 Å². The van der Waals surface area contributed by atoms with Crippen molar-refractivity contribution in [2.45, 2.75) is 20.0 Å². The Balaban J connectivity index is 1.74. The van der Waals surface area contributed by atoms with Gasteiger partial charge in [-0.05, 0) is 92.2 Å². The zero-order chi connectivity index (χ0) is 26.1. The van der Waals surface area contributed by atoms with Crippen molar-refractivity contribution < 1.29 is 0 Å². The van der Waals surface area contributed by atoms with Crippen molar-refractivity contribution >= 4 is 78.0 Å². The van der Waals surface area contributed by atoms with Crippen molar-refractivity contribution in [2.75, 3.05) is 4.90 Å². The first kappa shape index (κ1) is 26.1. The fourth-order valence-corrected chi connectivity index (χ4v) is 5.41. The quantitative estimate of drug-likeness (QED) is 0.161. The molecule has 0 aliphatic carbocycles. The minimum atomic E-state index is -0.177. The molecular formula is C30H23Br2Cl2N3. The molecule has 5 rings (SSSR count). The fraction of sp³-hybridized carbons (Fsp3) is 0.100. The van der Waals surface area contributed by atoms with Crippen LogP contribution >= 0.6 is 55.1 Å². The van der Waals surface area contributed by atoms with E-state index in [0.717, 1.165) is 48.7 Å². The summed E-state index contributed by atoms with van der Waals surface area (Å²) in [5.74, 6) is 0.867. The Kier molecular flexibility index (Phi) is 7.77. The van der Waals surface area contributed by atoms with Gasteiger partial charge in [-0.2, -0.15) is 0 Å². The molecule has 0 spiro atoms. The largest absolute Gasteiger partial charge is 0.318 e. The van der Waals surface area contributed by atoms with Gasteiger partial charge in [-0.1, -0.05) is 79.3 Å². The van der Waals surface area contributed by atoms with Crippen molar-refractivity contribution in [3.63, 3.8) is 0 Å². The molecule has 3 nitrogen and oxygen atoms in total. The first-order valence-electron chi connectivity index (χ1n) is 11.7. The third-order valence-corrected chi connectivity index (χ3v) is 7.85. The van der Waals surface area contributed by atoms with E-state index in [1.54, 1.807) is 0 Å². The summed E-state index contributed by atoms with van der Waals surface area (Å²) < 4.78 is 2.05. The zero-order valence-corrected chi connectivity index (χ0v) is 24.9. The van der Waals surface area contributed by atoms with Gasteiger partial charge >= 0.3 is 0 Å². The smallest absolute Gasteiger partial charge is 0.138 e. The number of nitrogens with zero attached hydrogens (tertiary/aromatic N) is 3. The molecule has 0 fully saturated rings. The van der Waals surface area contributed by atoms with Crippen LogP contribution in [0.25, 0.3) is 5.70 Å². The third kappa shape index (κ3) is 5.51. The minimum Gasteiger partial charge on any atom is -0.318 e. The van der Waals surface area contributed by atoms with Crippen LogP contribution in [0.4, 0.5) is 11.4 Å². The lowest BCUT2D eigenvalue weighted by atomic mass is 10.1. The normalized spacial score (nSPS) is 16.1. The molecule has 0 radical (unpaired) electrons. The van der Waals surface area contributed by atoms with E-state index in [0.29, 0.717) is 10.0 Å². The third-order valence-electron chi connectivity index (χ3n) is 6.29. The molecule has 0 aromatic heterocycles. The highest BCUT2D eigenvalue weighted by Crippen LogP contribution is 2.47. The van der Waals surface area contributed by atoms with E-state index in [2.05, 4.69) is 104 Å². The molecule has 0 saturated heterocycles. The first-order valence-corrected chi connectivity index (χ1v) is 14.0. The highest BCUT2D eigenvalue weighted by atomic mass is 79.9. The van der Waals surface area contributed by atoms with E-state index in [4.69, 9.17) is 28.2 Å². The van der Waals surface area contributed by atoms with Crippen LogP contribution in [-0.2, 0) is 0 Å². The number of amidine groups is 1. The summed E-state index contributed by atoms with van der Waals surface area (Å²) in [5.41, 5.74) is 6.29. The number of rotatable bonds is 4. The van der Waals surface area contributed by atoms with Crippen LogP contribution in [0.2, 0.25) is 10.0 Å². The average Bonchev–Trinajstić information content (AvgIpc) is 3.20. The lowest BCUT2D eigenvalue weighted by Gasteiger charge is -2.35. The Labute approximate surface area is 244 Å². The van der Waals surface area contributed by atoms with Gasteiger partial charge in [0.25, 0.3) is 0 Å². The number of halogens is 4. The van der Waals surface area contributed by atoms with Crippen molar-refractivity contribution in [3.8, 4) is 0 Å². The number of anilines is 1. The number of allylic oxidation sites excluding steroid dienone is 1. The molecule has 4 aromatic carbocycles. The lowest BCUT2D eigenvalue weighted by Crippen LogP contribution is -2.35. The fourth-order valence-electron chi connectivity index (χ4n) is 4.63. The number of hydrogen-bond donors (Lipinski definition) is 0. The van der Waals surface area contributed by atoms with Gasteiger partial charge in [0.1, 0.15) is 12.0 Å².